The Balaban J connectivity index is 1.96. The van der Waals surface area contributed by atoms with E-state index in [9.17, 15) is 4.79 Å². The van der Waals surface area contributed by atoms with Crippen LogP contribution in [-0.2, 0) is 11.8 Å². The van der Waals surface area contributed by atoms with Gasteiger partial charge in [-0.15, -0.1) is 0 Å². The molecule has 1 aromatic rings. The summed E-state index contributed by atoms with van der Waals surface area (Å²) in [5.74, 6) is 0. The Bertz CT molecular complexity index is 485. The summed E-state index contributed by atoms with van der Waals surface area (Å²) >= 11 is 6.02. The second-order valence-corrected chi connectivity index (χ2v) is 5.14. The fraction of sp³-hybridized carbons (Fsp3) is 0.667. The van der Waals surface area contributed by atoms with Gasteiger partial charge in [-0.1, -0.05) is 11.6 Å². The van der Waals surface area contributed by atoms with Gasteiger partial charge >= 0.3 is 0 Å². The molecule has 0 radical (unpaired) electrons. The standard InChI is InChI=1S/C12H19ClN4O2/c1-9(8-17-3-5-19-6-4-17)15-10-7-14-16(2)12(18)11(10)13/h7,9,15H,3-6,8H2,1-2H3. The van der Waals surface area contributed by atoms with Gasteiger partial charge in [0.15, 0.2) is 0 Å². The smallest absolute Gasteiger partial charge is 0.287 e. The molecule has 1 N–H and O–H groups in total. The molecule has 1 saturated heterocycles. The second kappa shape index (κ2) is 6.36. The van der Waals surface area contributed by atoms with E-state index >= 15 is 0 Å². The highest BCUT2D eigenvalue weighted by molar-refractivity contribution is 6.32. The van der Waals surface area contributed by atoms with Crippen molar-refractivity contribution in [2.45, 2.75) is 13.0 Å². The Labute approximate surface area is 117 Å². The Morgan fingerprint density at radius 3 is 2.89 bits per heavy atom. The predicted molar refractivity (Wildman–Crippen MR) is 74.8 cm³/mol. The summed E-state index contributed by atoms with van der Waals surface area (Å²) in [4.78, 5) is 14.0. The van der Waals surface area contributed by atoms with Crippen LogP contribution < -0.4 is 10.9 Å². The monoisotopic (exact) mass is 286 g/mol. The molecule has 1 atom stereocenters. The Hall–Kier alpha value is -1.11. The molecule has 2 rings (SSSR count). The summed E-state index contributed by atoms with van der Waals surface area (Å²) in [5, 5.41) is 7.38. The molecule has 19 heavy (non-hydrogen) atoms. The molecule has 0 amide bonds. The first-order valence-corrected chi connectivity index (χ1v) is 6.74. The molecule has 1 aromatic heterocycles. The summed E-state index contributed by atoms with van der Waals surface area (Å²) in [6.07, 6.45) is 1.58. The lowest BCUT2D eigenvalue weighted by atomic mass is 10.2. The van der Waals surface area contributed by atoms with E-state index < -0.39 is 0 Å². The van der Waals surface area contributed by atoms with Crippen LogP contribution in [0.25, 0.3) is 0 Å². The van der Waals surface area contributed by atoms with E-state index in [1.807, 2.05) is 0 Å². The van der Waals surface area contributed by atoms with Gasteiger partial charge in [0, 0.05) is 32.7 Å². The summed E-state index contributed by atoms with van der Waals surface area (Å²) < 4.78 is 6.53. The van der Waals surface area contributed by atoms with E-state index in [0.29, 0.717) is 5.69 Å². The normalized spacial score (nSPS) is 18.3. The molecule has 0 saturated carbocycles. The molecule has 1 unspecified atom stereocenters. The van der Waals surface area contributed by atoms with E-state index in [1.165, 1.54) is 4.68 Å². The van der Waals surface area contributed by atoms with Crippen LogP contribution in [0.2, 0.25) is 5.02 Å². The SMILES string of the molecule is CC(CN1CCOCC1)Nc1cnn(C)c(=O)c1Cl. The summed E-state index contributed by atoms with van der Waals surface area (Å²) in [6, 6.07) is 0.185. The number of rotatable bonds is 4. The minimum absolute atomic E-state index is 0.185. The lowest BCUT2D eigenvalue weighted by molar-refractivity contribution is 0.0368. The number of nitrogens with zero attached hydrogens (tertiary/aromatic N) is 3. The Kier molecular flexibility index (Phi) is 4.79. The van der Waals surface area contributed by atoms with Crippen molar-refractivity contribution in [1.29, 1.82) is 0 Å². The third kappa shape index (κ3) is 3.68. The van der Waals surface area contributed by atoms with E-state index in [0.717, 1.165) is 32.8 Å². The average Bonchev–Trinajstić information content (AvgIpc) is 2.41. The molecule has 1 aliphatic heterocycles. The van der Waals surface area contributed by atoms with Gasteiger partial charge in [-0.05, 0) is 6.92 Å². The minimum atomic E-state index is -0.287. The fourth-order valence-electron chi connectivity index (χ4n) is 2.09. The highest BCUT2D eigenvalue weighted by atomic mass is 35.5. The molecule has 6 nitrogen and oxygen atoms in total. The van der Waals surface area contributed by atoms with Crippen molar-refractivity contribution in [1.82, 2.24) is 14.7 Å². The van der Waals surface area contributed by atoms with Gasteiger partial charge in [0.25, 0.3) is 5.56 Å². The van der Waals surface area contributed by atoms with Gasteiger partial charge in [-0.3, -0.25) is 9.69 Å². The number of hydrogen-bond donors (Lipinski definition) is 1. The minimum Gasteiger partial charge on any atom is -0.379 e. The number of ether oxygens (including phenoxy) is 1. The van der Waals surface area contributed by atoms with Crippen molar-refractivity contribution in [3.8, 4) is 0 Å². The quantitative estimate of drug-likeness (QED) is 0.877. The van der Waals surface area contributed by atoms with Crippen LogP contribution in [-0.4, -0.2) is 53.6 Å². The van der Waals surface area contributed by atoms with Crippen LogP contribution >= 0.6 is 11.6 Å². The van der Waals surface area contributed by atoms with E-state index in [4.69, 9.17) is 16.3 Å². The average molecular weight is 287 g/mol. The van der Waals surface area contributed by atoms with Crippen LogP contribution in [0.15, 0.2) is 11.0 Å². The maximum absolute atomic E-state index is 11.7. The summed E-state index contributed by atoms with van der Waals surface area (Å²) in [7, 11) is 1.58. The molecule has 0 bridgehead atoms. The zero-order valence-corrected chi connectivity index (χ0v) is 12.0. The highest BCUT2D eigenvalue weighted by Crippen LogP contribution is 2.16. The number of morpholine rings is 1. The maximum Gasteiger partial charge on any atom is 0.287 e. The number of anilines is 1. The van der Waals surface area contributed by atoms with E-state index in [1.54, 1.807) is 13.2 Å². The van der Waals surface area contributed by atoms with Gasteiger partial charge in [-0.2, -0.15) is 5.10 Å². The number of nitrogens with one attached hydrogen (secondary N) is 1. The highest BCUT2D eigenvalue weighted by Gasteiger charge is 2.15. The molecular formula is C12H19ClN4O2. The van der Waals surface area contributed by atoms with Gasteiger partial charge in [0.2, 0.25) is 0 Å². The molecule has 7 heteroatoms. The fourth-order valence-corrected chi connectivity index (χ4v) is 2.32. The second-order valence-electron chi connectivity index (χ2n) is 4.76. The topological polar surface area (TPSA) is 59.4 Å². The lowest BCUT2D eigenvalue weighted by Crippen LogP contribution is -2.42. The molecule has 2 heterocycles. The van der Waals surface area contributed by atoms with Crippen molar-refractivity contribution >= 4 is 17.3 Å². The first-order valence-electron chi connectivity index (χ1n) is 6.36. The number of aromatic nitrogens is 2. The number of halogens is 1. The van der Waals surface area contributed by atoms with E-state index in [2.05, 4.69) is 22.2 Å². The van der Waals surface area contributed by atoms with Gasteiger partial charge < -0.3 is 10.1 Å². The third-order valence-corrected chi connectivity index (χ3v) is 3.48. The van der Waals surface area contributed by atoms with Crippen LogP contribution in [0.4, 0.5) is 5.69 Å². The van der Waals surface area contributed by atoms with Crippen LogP contribution in [0.3, 0.4) is 0 Å². The van der Waals surface area contributed by atoms with Gasteiger partial charge in [0.05, 0.1) is 25.1 Å². The zero-order valence-electron chi connectivity index (χ0n) is 11.2. The molecular weight excluding hydrogens is 268 g/mol. The first kappa shape index (κ1) is 14.3. The maximum atomic E-state index is 11.7. The van der Waals surface area contributed by atoms with Gasteiger partial charge in [0.1, 0.15) is 5.02 Å². The molecule has 1 fully saturated rings. The summed E-state index contributed by atoms with van der Waals surface area (Å²) in [6.45, 7) is 6.38. The van der Waals surface area contributed by atoms with Crippen LogP contribution in [0.5, 0.6) is 0 Å². The van der Waals surface area contributed by atoms with Crippen LogP contribution in [0.1, 0.15) is 6.92 Å². The Morgan fingerprint density at radius 1 is 1.53 bits per heavy atom. The van der Waals surface area contributed by atoms with Crippen molar-refractivity contribution in [3.05, 3.63) is 21.6 Å². The van der Waals surface area contributed by atoms with Gasteiger partial charge in [-0.25, -0.2) is 4.68 Å². The van der Waals surface area contributed by atoms with Crippen molar-refractivity contribution in [3.63, 3.8) is 0 Å². The summed E-state index contributed by atoms with van der Waals surface area (Å²) in [5.41, 5.74) is 0.302. The largest absolute Gasteiger partial charge is 0.379 e. The van der Waals surface area contributed by atoms with E-state index in [-0.39, 0.29) is 16.6 Å². The first-order chi connectivity index (χ1) is 9.08. The van der Waals surface area contributed by atoms with Crippen molar-refractivity contribution in [2.75, 3.05) is 38.2 Å². The lowest BCUT2D eigenvalue weighted by Gasteiger charge is -2.29. The molecule has 0 aliphatic carbocycles. The molecule has 0 spiro atoms. The van der Waals surface area contributed by atoms with Crippen molar-refractivity contribution in [2.24, 2.45) is 7.05 Å². The number of hydrogen-bond acceptors (Lipinski definition) is 5. The van der Waals surface area contributed by atoms with Crippen LogP contribution in [0, 0.1) is 0 Å². The Morgan fingerprint density at radius 2 is 2.21 bits per heavy atom. The predicted octanol–water partition coefficient (Wildman–Crippen LogP) is 0.566. The van der Waals surface area contributed by atoms with Crippen molar-refractivity contribution < 1.29 is 4.74 Å². The molecule has 1 aliphatic rings. The zero-order chi connectivity index (χ0) is 13.8. The molecule has 106 valence electrons. The number of aryl methyl sites for hydroxylation is 1. The molecule has 0 aromatic carbocycles. The third-order valence-electron chi connectivity index (χ3n) is 3.12.